The van der Waals surface area contributed by atoms with E-state index < -0.39 is 24.2 Å². The van der Waals surface area contributed by atoms with Crippen LogP contribution in [0.5, 0.6) is 5.75 Å². The van der Waals surface area contributed by atoms with E-state index in [1.165, 1.54) is 81.2 Å². The van der Waals surface area contributed by atoms with Crippen molar-refractivity contribution in [3.8, 4) is 28.3 Å². The van der Waals surface area contributed by atoms with E-state index >= 15 is 4.39 Å². The van der Waals surface area contributed by atoms with Crippen LogP contribution in [0, 0.1) is 0 Å². The first kappa shape index (κ1) is 36.2. The Hall–Kier alpha value is -3.29. The predicted molar refractivity (Wildman–Crippen MR) is 173 cm³/mol. The number of nitrogens with zero attached hydrogens (tertiary/aromatic N) is 2. The number of aryl methyl sites for hydroxylation is 1. The van der Waals surface area contributed by atoms with Gasteiger partial charge in [-0.1, -0.05) is 115 Å². The van der Waals surface area contributed by atoms with Crippen molar-refractivity contribution >= 4 is 5.97 Å². The van der Waals surface area contributed by atoms with E-state index in [0.29, 0.717) is 24.2 Å². The molecule has 0 saturated heterocycles. The molecule has 4 nitrogen and oxygen atoms in total. The highest BCUT2D eigenvalue weighted by molar-refractivity contribution is 5.82. The molecule has 0 radical (unpaired) electrons. The third-order valence-electron chi connectivity index (χ3n) is 8.23. The number of rotatable bonds is 20. The van der Waals surface area contributed by atoms with E-state index in [0.717, 1.165) is 36.8 Å². The van der Waals surface area contributed by atoms with Crippen LogP contribution in [0.2, 0.25) is 0 Å². The van der Waals surface area contributed by atoms with Gasteiger partial charge in [-0.3, -0.25) is 0 Å². The minimum atomic E-state index is -5.36. The second-order valence-electron chi connectivity index (χ2n) is 11.9. The highest BCUT2D eigenvalue weighted by Crippen LogP contribution is 2.40. The lowest BCUT2D eigenvalue weighted by Crippen LogP contribution is -2.50. The Morgan fingerprint density at radius 3 is 1.64 bits per heavy atom. The maximum absolute atomic E-state index is 15.0. The van der Waals surface area contributed by atoms with E-state index in [1.54, 1.807) is 12.4 Å². The third-order valence-corrected chi connectivity index (χ3v) is 8.23. The molecule has 0 amide bonds. The minimum absolute atomic E-state index is 0.0510. The Labute approximate surface area is 266 Å². The average molecular weight is 629 g/mol. The van der Waals surface area contributed by atoms with E-state index in [9.17, 15) is 18.0 Å². The van der Waals surface area contributed by atoms with Crippen molar-refractivity contribution in [2.24, 2.45) is 0 Å². The van der Waals surface area contributed by atoms with Crippen molar-refractivity contribution in [3.05, 3.63) is 66.5 Å². The monoisotopic (exact) mass is 628 g/mol. The lowest BCUT2D eigenvalue weighted by atomic mass is 9.96. The van der Waals surface area contributed by atoms with Crippen molar-refractivity contribution in [1.82, 2.24) is 9.97 Å². The molecular formula is C37H48F4N2O2. The Kier molecular flexibility index (Phi) is 15.0. The van der Waals surface area contributed by atoms with Crippen LogP contribution < -0.4 is 4.74 Å². The van der Waals surface area contributed by atoms with Gasteiger partial charge in [0.25, 0.3) is 0 Å². The van der Waals surface area contributed by atoms with Crippen LogP contribution in [-0.4, -0.2) is 27.8 Å². The SMILES string of the molecule is CCCCCCCCCCc1ccc(-c2cnc(-c3ccc(OC(=O)C(F)(CCCCCCCC)C(F)(F)F)cc3)nc2)cc1. The number of alkyl halides is 4. The molecule has 1 unspecified atom stereocenters. The number of halogens is 4. The van der Waals surface area contributed by atoms with Crippen LogP contribution in [0.25, 0.3) is 22.5 Å². The van der Waals surface area contributed by atoms with Gasteiger partial charge in [-0.25, -0.2) is 19.2 Å². The molecule has 3 aromatic rings. The largest absolute Gasteiger partial charge is 0.433 e. The second-order valence-corrected chi connectivity index (χ2v) is 11.9. The number of esters is 1. The van der Waals surface area contributed by atoms with Crippen LogP contribution in [-0.2, 0) is 11.2 Å². The molecule has 2 aromatic carbocycles. The zero-order valence-electron chi connectivity index (χ0n) is 26.8. The zero-order valence-corrected chi connectivity index (χ0v) is 26.8. The Morgan fingerprint density at radius 1 is 0.622 bits per heavy atom. The van der Waals surface area contributed by atoms with E-state index in [2.05, 4.69) is 41.2 Å². The molecule has 0 saturated carbocycles. The van der Waals surface area contributed by atoms with E-state index in [4.69, 9.17) is 4.74 Å². The fourth-order valence-corrected chi connectivity index (χ4v) is 5.32. The quantitative estimate of drug-likeness (QED) is 0.0541. The molecule has 0 N–H and O–H groups in total. The number of benzene rings is 2. The van der Waals surface area contributed by atoms with Gasteiger partial charge in [-0.15, -0.1) is 0 Å². The third kappa shape index (κ3) is 11.5. The molecule has 0 spiro atoms. The topological polar surface area (TPSA) is 52.1 Å². The predicted octanol–water partition coefficient (Wildman–Crippen LogP) is 11.4. The second kappa shape index (κ2) is 18.6. The van der Waals surface area contributed by atoms with Crippen LogP contribution >= 0.6 is 0 Å². The maximum Gasteiger partial charge on any atom is 0.433 e. The van der Waals surface area contributed by atoms with Crippen LogP contribution in [0.4, 0.5) is 17.6 Å². The van der Waals surface area contributed by atoms with Crippen molar-refractivity contribution in [2.75, 3.05) is 0 Å². The number of carbonyl (C=O) groups is 1. The molecule has 3 rings (SSSR count). The lowest BCUT2D eigenvalue weighted by Gasteiger charge is -2.25. The van der Waals surface area contributed by atoms with Crippen molar-refractivity contribution in [1.29, 1.82) is 0 Å². The number of ether oxygens (including phenoxy) is 1. The summed E-state index contributed by atoms with van der Waals surface area (Å²) in [4.78, 5) is 21.3. The van der Waals surface area contributed by atoms with E-state index in [-0.39, 0.29) is 12.2 Å². The van der Waals surface area contributed by atoms with Crippen molar-refractivity contribution in [2.45, 2.75) is 128 Å². The van der Waals surface area contributed by atoms with Crippen molar-refractivity contribution in [3.63, 3.8) is 0 Å². The van der Waals surface area contributed by atoms with Gasteiger partial charge in [0, 0.05) is 29.9 Å². The summed E-state index contributed by atoms with van der Waals surface area (Å²) in [5, 5.41) is 0. The first-order valence-corrected chi connectivity index (χ1v) is 16.7. The summed E-state index contributed by atoms with van der Waals surface area (Å²) in [7, 11) is 0. The highest BCUT2D eigenvalue weighted by Gasteiger charge is 2.62. The molecule has 45 heavy (non-hydrogen) atoms. The van der Waals surface area contributed by atoms with E-state index in [1.807, 2.05) is 6.92 Å². The number of carbonyl (C=O) groups excluding carboxylic acids is 1. The summed E-state index contributed by atoms with van der Waals surface area (Å²) in [6.45, 7) is 4.27. The molecular weight excluding hydrogens is 580 g/mol. The van der Waals surface area contributed by atoms with Gasteiger partial charge in [0.15, 0.2) is 5.82 Å². The summed E-state index contributed by atoms with van der Waals surface area (Å²) in [5.74, 6) is -1.72. The normalized spacial score (nSPS) is 13.0. The first-order chi connectivity index (χ1) is 21.7. The van der Waals surface area contributed by atoms with Gasteiger partial charge < -0.3 is 4.74 Å². The molecule has 0 aliphatic rings. The number of hydrogen-bond donors (Lipinski definition) is 0. The summed E-state index contributed by atoms with van der Waals surface area (Å²) < 4.78 is 60.6. The molecule has 0 aliphatic carbocycles. The number of unbranched alkanes of at least 4 members (excludes halogenated alkanes) is 12. The standard InChI is InChI=1S/C37H48F4N2O2/c1-3-5-7-9-11-12-13-15-17-29-18-20-30(21-19-29)32-27-42-34(43-28-32)31-22-24-33(25-23-31)45-35(44)36(38,37(39,40)41)26-16-14-10-8-6-4-2/h18-25,27-28H,3-17,26H2,1-2H3. The van der Waals surface area contributed by atoms with Gasteiger partial charge in [0.2, 0.25) is 0 Å². The lowest BCUT2D eigenvalue weighted by molar-refractivity contribution is -0.236. The average Bonchev–Trinajstić information content (AvgIpc) is 3.04. The fourth-order valence-electron chi connectivity index (χ4n) is 5.32. The molecule has 8 heteroatoms. The Bertz CT molecular complexity index is 1260. The molecule has 246 valence electrons. The van der Waals surface area contributed by atoms with Crippen LogP contribution in [0.1, 0.15) is 116 Å². The van der Waals surface area contributed by atoms with Crippen molar-refractivity contribution < 1.29 is 27.1 Å². The smallest absolute Gasteiger partial charge is 0.424 e. The van der Waals surface area contributed by atoms with Crippen LogP contribution in [0.3, 0.4) is 0 Å². The molecule has 1 heterocycles. The molecule has 1 aromatic heterocycles. The Balaban J connectivity index is 1.51. The zero-order chi connectivity index (χ0) is 32.5. The minimum Gasteiger partial charge on any atom is -0.424 e. The van der Waals surface area contributed by atoms with Gasteiger partial charge in [0.05, 0.1) is 0 Å². The summed E-state index contributed by atoms with van der Waals surface area (Å²) in [5.41, 5.74) is -0.299. The molecule has 0 aliphatic heterocycles. The number of hydrogen-bond acceptors (Lipinski definition) is 4. The highest BCUT2D eigenvalue weighted by atomic mass is 19.4. The number of aromatic nitrogens is 2. The maximum atomic E-state index is 15.0. The van der Waals surface area contributed by atoms with Gasteiger partial charge in [-0.05, 0) is 54.7 Å². The molecule has 0 fully saturated rings. The molecule has 1 atom stereocenters. The summed E-state index contributed by atoms with van der Waals surface area (Å²) in [6, 6.07) is 14.1. The molecule has 0 bridgehead atoms. The Morgan fingerprint density at radius 2 is 1.11 bits per heavy atom. The fraction of sp³-hybridized carbons (Fsp3) is 0.541. The summed E-state index contributed by atoms with van der Waals surface area (Å²) >= 11 is 0. The summed E-state index contributed by atoms with van der Waals surface area (Å²) in [6.07, 6.45) is 12.5. The first-order valence-electron chi connectivity index (χ1n) is 16.7. The van der Waals surface area contributed by atoms with Gasteiger partial charge in [0.1, 0.15) is 5.75 Å². The van der Waals surface area contributed by atoms with Gasteiger partial charge in [-0.2, -0.15) is 13.2 Å². The van der Waals surface area contributed by atoms with Crippen LogP contribution in [0.15, 0.2) is 60.9 Å². The van der Waals surface area contributed by atoms with Gasteiger partial charge >= 0.3 is 17.8 Å².